The van der Waals surface area contributed by atoms with Gasteiger partial charge in [-0.1, -0.05) is 12.1 Å². The molecule has 2 rings (SSSR count). The zero-order chi connectivity index (χ0) is 15.4. The predicted molar refractivity (Wildman–Crippen MR) is 77.6 cm³/mol. The molecule has 0 saturated carbocycles. The zero-order valence-corrected chi connectivity index (χ0v) is 11.4. The molecule has 1 aromatic carbocycles. The maximum Gasteiger partial charge on any atom is 0.328 e. The van der Waals surface area contributed by atoms with Gasteiger partial charge in [0.05, 0.1) is 6.54 Å². The molecule has 0 saturated heterocycles. The number of aromatic nitrogens is 1. The lowest BCUT2D eigenvalue weighted by Gasteiger charge is -2.09. The van der Waals surface area contributed by atoms with E-state index in [4.69, 9.17) is 5.11 Å². The Kier molecular flexibility index (Phi) is 4.33. The number of carboxylic acid groups (broad SMARTS) is 1. The van der Waals surface area contributed by atoms with Crippen LogP contribution in [0.3, 0.4) is 0 Å². The molecule has 0 fully saturated rings. The Balaban J connectivity index is 2.42. The molecule has 0 radical (unpaired) electrons. The molecule has 0 amide bonds. The average molecular weight is 287 g/mol. The van der Waals surface area contributed by atoms with Crippen LogP contribution in [0.15, 0.2) is 47.4 Å². The third-order valence-corrected chi connectivity index (χ3v) is 3.06. The van der Waals surface area contributed by atoms with Gasteiger partial charge < -0.3 is 9.67 Å². The van der Waals surface area contributed by atoms with Crippen LogP contribution in [0, 0.1) is 12.7 Å². The van der Waals surface area contributed by atoms with Gasteiger partial charge in [-0.2, -0.15) is 0 Å². The Labute approximate surface area is 120 Å². The van der Waals surface area contributed by atoms with Crippen molar-refractivity contribution in [2.24, 2.45) is 0 Å². The van der Waals surface area contributed by atoms with Gasteiger partial charge in [0.25, 0.3) is 5.56 Å². The van der Waals surface area contributed by atoms with Crippen LogP contribution in [-0.2, 0) is 11.3 Å². The van der Waals surface area contributed by atoms with Gasteiger partial charge in [0, 0.05) is 17.8 Å². The van der Waals surface area contributed by atoms with Crippen molar-refractivity contribution in [3.05, 3.63) is 75.5 Å². The Bertz CT molecular complexity index is 762. The first-order chi connectivity index (χ1) is 9.97. The molecule has 0 aliphatic heterocycles. The number of nitrogens with zero attached hydrogens (tertiary/aromatic N) is 1. The van der Waals surface area contributed by atoms with Crippen LogP contribution in [0.25, 0.3) is 6.08 Å². The second-order valence-electron chi connectivity index (χ2n) is 4.64. The van der Waals surface area contributed by atoms with Gasteiger partial charge in [-0.05, 0) is 42.3 Å². The number of halogens is 1. The van der Waals surface area contributed by atoms with Crippen molar-refractivity contribution in [1.29, 1.82) is 0 Å². The predicted octanol–water partition coefficient (Wildman–Crippen LogP) is 2.44. The second kappa shape index (κ2) is 6.17. The number of aryl methyl sites for hydroxylation is 1. The fraction of sp³-hybridized carbons (Fsp3) is 0.125. The highest BCUT2D eigenvalue weighted by Gasteiger charge is 2.05. The van der Waals surface area contributed by atoms with Crippen LogP contribution in [0.1, 0.15) is 16.7 Å². The van der Waals surface area contributed by atoms with E-state index >= 15 is 0 Å². The summed E-state index contributed by atoms with van der Waals surface area (Å²) in [6.45, 7) is 1.97. The summed E-state index contributed by atoms with van der Waals surface area (Å²) < 4.78 is 14.8. The minimum atomic E-state index is -1.11. The van der Waals surface area contributed by atoms with Gasteiger partial charge in [-0.15, -0.1) is 0 Å². The number of carboxylic acids is 1. The first kappa shape index (κ1) is 14.7. The normalized spacial score (nSPS) is 11.0. The van der Waals surface area contributed by atoms with Crippen molar-refractivity contribution >= 4 is 12.0 Å². The van der Waals surface area contributed by atoms with Crippen molar-refractivity contribution in [3.63, 3.8) is 0 Å². The third-order valence-electron chi connectivity index (χ3n) is 3.06. The molecule has 1 aromatic heterocycles. The Morgan fingerprint density at radius 2 is 2.14 bits per heavy atom. The first-order valence-corrected chi connectivity index (χ1v) is 6.33. The van der Waals surface area contributed by atoms with Crippen LogP contribution >= 0.6 is 0 Å². The van der Waals surface area contributed by atoms with Crippen molar-refractivity contribution in [1.82, 2.24) is 4.57 Å². The summed E-state index contributed by atoms with van der Waals surface area (Å²) in [7, 11) is 0. The number of benzene rings is 1. The molecular formula is C16H14FNO3. The fourth-order valence-electron chi connectivity index (χ4n) is 1.99. The number of hydrogen-bond acceptors (Lipinski definition) is 2. The van der Waals surface area contributed by atoms with Gasteiger partial charge in [0.1, 0.15) is 5.82 Å². The summed E-state index contributed by atoms with van der Waals surface area (Å²) in [6, 6.07) is 7.55. The van der Waals surface area contributed by atoms with E-state index in [9.17, 15) is 14.0 Å². The van der Waals surface area contributed by atoms with Crippen LogP contribution < -0.4 is 5.56 Å². The molecule has 1 N–H and O–H groups in total. The van der Waals surface area contributed by atoms with Crippen molar-refractivity contribution in [3.8, 4) is 0 Å². The topological polar surface area (TPSA) is 59.3 Å². The van der Waals surface area contributed by atoms with E-state index in [0.717, 1.165) is 6.08 Å². The summed E-state index contributed by atoms with van der Waals surface area (Å²) in [6.07, 6.45) is 3.91. The third kappa shape index (κ3) is 3.66. The van der Waals surface area contributed by atoms with Crippen LogP contribution in [0.4, 0.5) is 4.39 Å². The van der Waals surface area contributed by atoms with Gasteiger partial charge in [-0.3, -0.25) is 4.79 Å². The standard InChI is InChI=1S/C16H14FNO3/c1-11-3-2-8-18(16(11)21)10-13-4-6-14(17)9-12(13)5-7-15(19)20/h2-9H,10H2,1H3,(H,19,20). The Hall–Kier alpha value is -2.69. The summed E-state index contributed by atoms with van der Waals surface area (Å²) in [5.41, 5.74) is 1.59. The molecule has 0 bridgehead atoms. The fourth-order valence-corrected chi connectivity index (χ4v) is 1.99. The lowest BCUT2D eigenvalue weighted by molar-refractivity contribution is -0.131. The van der Waals surface area contributed by atoms with E-state index in [-0.39, 0.29) is 12.1 Å². The van der Waals surface area contributed by atoms with E-state index in [2.05, 4.69) is 0 Å². The zero-order valence-electron chi connectivity index (χ0n) is 11.4. The van der Waals surface area contributed by atoms with E-state index in [1.165, 1.54) is 22.8 Å². The van der Waals surface area contributed by atoms with Crippen LogP contribution in [0.2, 0.25) is 0 Å². The Morgan fingerprint density at radius 3 is 2.86 bits per heavy atom. The SMILES string of the molecule is Cc1cccn(Cc2ccc(F)cc2C=CC(=O)O)c1=O. The van der Waals surface area contributed by atoms with Gasteiger partial charge in [-0.25, -0.2) is 9.18 Å². The summed E-state index contributed by atoms with van der Waals surface area (Å²) in [5, 5.41) is 8.67. The smallest absolute Gasteiger partial charge is 0.328 e. The molecule has 5 heteroatoms. The van der Waals surface area contributed by atoms with Crippen molar-refractivity contribution < 1.29 is 14.3 Å². The molecule has 4 nitrogen and oxygen atoms in total. The molecule has 108 valence electrons. The van der Waals surface area contributed by atoms with Crippen molar-refractivity contribution in [2.45, 2.75) is 13.5 Å². The van der Waals surface area contributed by atoms with Gasteiger partial charge in [0.15, 0.2) is 0 Å². The maximum absolute atomic E-state index is 13.3. The molecule has 0 unspecified atom stereocenters. The molecule has 1 heterocycles. The summed E-state index contributed by atoms with van der Waals surface area (Å²) in [5.74, 6) is -1.57. The molecule has 0 atom stereocenters. The summed E-state index contributed by atoms with van der Waals surface area (Å²) in [4.78, 5) is 22.6. The van der Waals surface area contributed by atoms with Crippen LogP contribution in [-0.4, -0.2) is 15.6 Å². The lowest BCUT2D eigenvalue weighted by Crippen LogP contribution is -2.22. The largest absolute Gasteiger partial charge is 0.478 e. The van der Waals surface area contributed by atoms with Crippen LogP contribution in [0.5, 0.6) is 0 Å². The molecule has 0 spiro atoms. The highest BCUT2D eigenvalue weighted by Crippen LogP contribution is 2.14. The average Bonchev–Trinajstić information content (AvgIpc) is 2.43. The number of hydrogen-bond donors (Lipinski definition) is 1. The van der Waals surface area contributed by atoms with E-state index in [1.54, 1.807) is 31.3 Å². The monoisotopic (exact) mass is 287 g/mol. The highest BCUT2D eigenvalue weighted by molar-refractivity contribution is 5.85. The molecule has 21 heavy (non-hydrogen) atoms. The van der Waals surface area contributed by atoms with E-state index < -0.39 is 11.8 Å². The first-order valence-electron chi connectivity index (χ1n) is 6.33. The number of rotatable bonds is 4. The minimum absolute atomic E-state index is 0.130. The van der Waals surface area contributed by atoms with Gasteiger partial charge in [0.2, 0.25) is 0 Å². The minimum Gasteiger partial charge on any atom is -0.478 e. The number of carbonyl (C=O) groups is 1. The highest BCUT2D eigenvalue weighted by atomic mass is 19.1. The van der Waals surface area contributed by atoms with E-state index in [1.807, 2.05) is 0 Å². The van der Waals surface area contributed by atoms with Crippen molar-refractivity contribution in [2.75, 3.05) is 0 Å². The molecular weight excluding hydrogens is 273 g/mol. The molecule has 0 aliphatic rings. The molecule has 2 aromatic rings. The summed E-state index contributed by atoms with van der Waals surface area (Å²) >= 11 is 0. The Morgan fingerprint density at radius 1 is 1.38 bits per heavy atom. The second-order valence-corrected chi connectivity index (χ2v) is 4.64. The molecule has 0 aliphatic carbocycles. The quantitative estimate of drug-likeness (QED) is 0.879. The van der Waals surface area contributed by atoms with Gasteiger partial charge >= 0.3 is 5.97 Å². The number of aliphatic carboxylic acids is 1. The maximum atomic E-state index is 13.3. The lowest BCUT2D eigenvalue weighted by atomic mass is 10.1. The van der Waals surface area contributed by atoms with E-state index in [0.29, 0.717) is 16.7 Å². The number of pyridine rings is 1.